The molecule has 0 aromatic heterocycles. The van der Waals surface area contributed by atoms with Crippen molar-refractivity contribution >= 4 is 27.7 Å². The second-order valence-electron chi connectivity index (χ2n) is 7.95. The van der Waals surface area contributed by atoms with Crippen LogP contribution in [0, 0.1) is 5.92 Å². The molecule has 3 aliphatic rings. The molecule has 146 valence electrons. The average Bonchev–Trinajstić information content (AvgIpc) is 3.05. The van der Waals surface area contributed by atoms with Crippen LogP contribution in [0.25, 0.3) is 6.08 Å². The van der Waals surface area contributed by atoms with Crippen molar-refractivity contribution < 1.29 is 13.2 Å². The Labute approximate surface area is 162 Å². The third-order valence-corrected chi connectivity index (χ3v) is 8.09. The van der Waals surface area contributed by atoms with E-state index in [9.17, 15) is 13.2 Å². The molecule has 4 rings (SSSR count). The lowest BCUT2D eigenvalue weighted by atomic mass is 9.78. The van der Waals surface area contributed by atoms with E-state index in [2.05, 4.69) is 4.90 Å². The van der Waals surface area contributed by atoms with E-state index in [4.69, 9.17) is 0 Å². The monoisotopic (exact) mass is 388 g/mol. The van der Waals surface area contributed by atoms with E-state index in [-0.39, 0.29) is 11.7 Å². The van der Waals surface area contributed by atoms with Gasteiger partial charge in [-0.3, -0.25) is 9.10 Å². The lowest BCUT2D eigenvalue weighted by molar-refractivity contribution is -0.132. The number of fused-ring (bicyclic) bond motifs is 1. The highest BCUT2D eigenvalue weighted by atomic mass is 32.2. The average molecular weight is 389 g/mol. The maximum atomic E-state index is 12.7. The van der Waals surface area contributed by atoms with Gasteiger partial charge in [-0.2, -0.15) is 0 Å². The van der Waals surface area contributed by atoms with Gasteiger partial charge in [-0.05, 0) is 61.8 Å². The number of likely N-dealkylation sites (tertiary alicyclic amines) is 1. The quantitative estimate of drug-likeness (QED) is 0.746. The zero-order chi connectivity index (χ0) is 18.9. The SMILES string of the molecule is O=C(/C=C/c1ccc(N2CCCS2(=O)=O)cc1)N1CCCC2CCCCC21. The molecule has 0 bridgehead atoms. The van der Waals surface area contributed by atoms with Crippen molar-refractivity contribution in [2.24, 2.45) is 5.92 Å². The predicted octanol–water partition coefficient (Wildman–Crippen LogP) is 3.42. The Hall–Kier alpha value is -1.82. The summed E-state index contributed by atoms with van der Waals surface area (Å²) in [4.78, 5) is 14.8. The molecule has 2 aliphatic heterocycles. The topological polar surface area (TPSA) is 57.7 Å². The molecule has 1 aromatic rings. The number of hydrogen-bond donors (Lipinski definition) is 0. The van der Waals surface area contributed by atoms with Crippen LogP contribution in [0.4, 0.5) is 5.69 Å². The third-order valence-electron chi connectivity index (χ3n) is 6.23. The van der Waals surface area contributed by atoms with Crippen molar-refractivity contribution in [3.8, 4) is 0 Å². The summed E-state index contributed by atoms with van der Waals surface area (Å²) < 4.78 is 25.5. The summed E-state index contributed by atoms with van der Waals surface area (Å²) in [5.41, 5.74) is 1.62. The molecule has 2 atom stereocenters. The van der Waals surface area contributed by atoms with Crippen molar-refractivity contribution in [2.45, 2.75) is 51.0 Å². The fraction of sp³-hybridized carbons (Fsp3) is 0.571. The Bertz CT molecular complexity index is 814. The number of hydrogen-bond acceptors (Lipinski definition) is 3. The van der Waals surface area contributed by atoms with Crippen molar-refractivity contribution in [3.63, 3.8) is 0 Å². The molecule has 2 saturated heterocycles. The van der Waals surface area contributed by atoms with Crippen molar-refractivity contribution in [1.29, 1.82) is 0 Å². The molecule has 27 heavy (non-hydrogen) atoms. The normalized spacial score (nSPS) is 27.7. The molecule has 0 N–H and O–H groups in total. The van der Waals surface area contributed by atoms with E-state index in [1.54, 1.807) is 6.08 Å². The van der Waals surface area contributed by atoms with E-state index >= 15 is 0 Å². The van der Waals surface area contributed by atoms with Crippen LogP contribution in [-0.2, 0) is 14.8 Å². The van der Waals surface area contributed by atoms with E-state index in [1.807, 2.05) is 30.3 Å². The van der Waals surface area contributed by atoms with Gasteiger partial charge in [-0.25, -0.2) is 8.42 Å². The van der Waals surface area contributed by atoms with Gasteiger partial charge in [-0.1, -0.05) is 25.0 Å². The van der Waals surface area contributed by atoms with Gasteiger partial charge in [0.25, 0.3) is 0 Å². The first-order valence-corrected chi connectivity index (χ1v) is 11.7. The number of anilines is 1. The number of rotatable bonds is 3. The second kappa shape index (κ2) is 7.66. The van der Waals surface area contributed by atoms with Crippen molar-refractivity contribution in [1.82, 2.24) is 4.90 Å². The van der Waals surface area contributed by atoms with Gasteiger partial charge in [-0.15, -0.1) is 0 Å². The minimum Gasteiger partial charge on any atom is -0.336 e. The molecule has 1 saturated carbocycles. The highest BCUT2D eigenvalue weighted by Gasteiger charge is 2.34. The van der Waals surface area contributed by atoms with Crippen LogP contribution in [0.1, 0.15) is 50.5 Å². The minimum absolute atomic E-state index is 0.109. The zero-order valence-corrected chi connectivity index (χ0v) is 16.5. The summed E-state index contributed by atoms with van der Waals surface area (Å²) in [6.45, 7) is 1.42. The maximum absolute atomic E-state index is 12.7. The van der Waals surface area contributed by atoms with E-state index in [1.165, 1.54) is 30.0 Å². The molecule has 2 unspecified atom stereocenters. The molecule has 2 heterocycles. The highest BCUT2D eigenvalue weighted by Crippen LogP contribution is 2.35. The van der Waals surface area contributed by atoms with E-state index in [0.717, 1.165) is 24.9 Å². The van der Waals surface area contributed by atoms with Gasteiger partial charge in [0.2, 0.25) is 15.9 Å². The molecule has 1 aromatic carbocycles. The minimum atomic E-state index is -3.15. The molecule has 3 fully saturated rings. The van der Waals surface area contributed by atoms with Gasteiger partial charge >= 0.3 is 0 Å². The summed E-state index contributed by atoms with van der Waals surface area (Å²) in [5.74, 6) is 1.02. The van der Waals surface area contributed by atoms with Crippen LogP contribution < -0.4 is 4.31 Å². The molecular weight excluding hydrogens is 360 g/mol. The van der Waals surface area contributed by atoms with Crippen molar-refractivity contribution in [2.75, 3.05) is 23.1 Å². The molecule has 1 amide bonds. The zero-order valence-electron chi connectivity index (χ0n) is 15.7. The van der Waals surface area contributed by atoms with E-state index < -0.39 is 10.0 Å². The smallest absolute Gasteiger partial charge is 0.246 e. The van der Waals surface area contributed by atoms with Crippen LogP contribution >= 0.6 is 0 Å². The number of benzene rings is 1. The second-order valence-corrected chi connectivity index (χ2v) is 9.97. The number of nitrogens with zero attached hydrogens (tertiary/aromatic N) is 2. The predicted molar refractivity (Wildman–Crippen MR) is 108 cm³/mol. The Morgan fingerprint density at radius 2 is 1.70 bits per heavy atom. The molecule has 6 heteroatoms. The van der Waals surface area contributed by atoms with Crippen LogP contribution in [-0.4, -0.2) is 44.1 Å². The number of sulfonamides is 1. The number of piperidine rings is 1. The maximum Gasteiger partial charge on any atom is 0.246 e. The Balaban J connectivity index is 1.42. The Morgan fingerprint density at radius 1 is 0.963 bits per heavy atom. The molecular formula is C21H28N2O3S. The summed E-state index contributed by atoms with van der Waals surface area (Å²) in [6, 6.07) is 7.84. The third kappa shape index (κ3) is 3.91. The highest BCUT2D eigenvalue weighted by molar-refractivity contribution is 7.93. The standard InChI is InChI=1S/C21H28N2O3S/c24-21(22-14-3-6-18-5-1-2-7-20(18)22)13-10-17-8-11-19(12-9-17)23-15-4-16-27(23,25)26/h8-13,18,20H,1-7,14-16H2/b13-10+. The van der Waals surface area contributed by atoms with Gasteiger partial charge in [0.1, 0.15) is 0 Å². The lowest BCUT2D eigenvalue weighted by Gasteiger charge is -2.43. The van der Waals surface area contributed by atoms with Crippen LogP contribution in [0.5, 0.6) is 0 Å². The Kier molecular flexibility index (Phi) is 5.26. The van der Waals surface area contributed by atoms with Crippen LogP contribution in [0.15, 0.2) is 30.3 Å². The summed E-state index contributed by atoms with van der Waals surface area (Å²) in [6.07, 6.45) is 11.5. The fourth-order valence-electron chi connectivity index (χ4n) is 4.84. The van der Waals surface area contributed by atoms with Crippen LogP contribution in [0.3, 0.4) is 0 Å². The molecule has 1 aliphatic carbocycles. The van der Waals surface area contributed by atoms with Gasteiger partial charge < -0.3 is 4.90 Å². The largest absolute Gasteiger partial charge is 0.336 e. The molecule has 0 radical (unpaired) electrons. The van der Waals surface area contributed by atoms with Gasteiger partial charge in [0, 0.05) is 25.2 Å². The first-order valence-electron chi connectivity index (χ1n) is 10.1. The van der Waals surface area contributed by atoms with E-state index in [0.29, 0.717) is 30.6 Å². The Morgan fingerprint density at radius 3 is 2.44 bits per heavy atom. The molecule has 5 nitrogen and oxygen atoms in total. The van der Waals surface area contributed by atoms with Gasteiger partial charge in [0.15, 0.2) is 0 Å². The lowest BCUT2D eigenvalue weighted by Crippen LogP contribution is -2.49. The van der Waals surface area contributed by atoms with Gasteiger partial charge in [0.05, 0.1) is 11.4 Å². The summed E-state index contributed by atoms with van der Waals surface area (Å²) in [7, 11) is -3.15. The summed E-state index contributed by atoms with van der Waals surface area (Å²) >= 11 is 0. The first-order chi connectivity index (χ1) is 13.0. The first kappa shape index (κ1) is 18.5. The molecule has 0 spiro atoms. The number of carbonyl (C=O) groups is 1. The van der Waals surface area contributed by atoms with Crippen LogP contribution in [0.2, 0.25) is 0 Å². The number of carbonyl (C=O) groups excluding carboxylic acids is 1. The number of amides is 1. The summed E-state index contributed by atoms with van der Waals surface area (Å²) in [5, 5.41) is 0. The fourth-order valence-corrected chi connectivity index (χ4v) is 6.41. The van der Waals surface area contributed by atoms with Crippen molar-refractivity contribution in [3.05, 3.63) is 35.9 Å².